The first-order valence-electron chi connectivity index (χ1n) is 4.24. The van der Waals surface area contributed by atoms with E-state index in [0.29, 0.717) is 0 Å². The average molecular weight is 186 g/mol. The fourth-order valence-corrected chi connectivity index (χ4v) is 0.906. The van der Waals surface area contributed by atoms with Crippen molar-refractivity contribution in [2.45, 2.75) is 33.7 Å². The summed E-state index contributed by atoms with van der Waals surface area (Å²) in [6.07, 6.45) is 0. The molecule has 0 aliphatic heterocycles. The summed E-state index contributed by atoms with van der Waals surface area (Å²) < 4.78 is 4.69. The Morgan fingerprint density at radius 2 is 1.92 bits per heavy atom. The maximum absolute atomic E-state index is 11.3. The van der Waals surface area contributed by atoms with E-state index in [-0.39, 0.29) is 11.8 Å². The summed E-state index contributed by atoms with van der Waals surface area (Å²) in [7, 11) is 0. The third-order valence-electron chi connectivity index (χ3n) is 1.51. The highest BCUT2D eigenvalue weighted by Gasteiger charge is 2.23. The molecular formula is C9H16NO3. The van der Waals surface area contributed by atoms with Gasteiger partial charge >= 0.3 is 5.97 Å². The molecule has 75 valence electrons. The van der Waals surface area contributed by atoms with Crippen molar-refractivity contribution in [2.24, 2.45) is 5.92 Å². The summed E-state index contributed by atoms with van der Waals surface area (Å²) in [5.41, 5.74) is 0. The Balaban J connectivity index is 4.24. The molecule has 0 spiro atoms. The second-order valence-corrected chi connectivity index (χ2v) is 3.09. The average Bonchev–Trinajstić information content (AvgIpc) is 1.99. The Morgan fingerprint density at radius 3 is 2.23 bits per heavy atom. The SMILES string of the molecule is C[CH]OC(=O)[C@@H](NC(C)=O)C(C)C. The molecule has 0 aliphatic rings. The predicted molar refractivity (Wildman–Crippen MR) is 48.5 cm³/mol. The molecule has 1 amide bonds. The van der Waals surface area contributed by atoms with Gasteiger partial charge in [-0.15, -0.1) is 0 Å². The van der Waals surface area contributed by atoms with Gasteiger partial charge in [-0.2, -0.15) is 0 Å². The minimum atomic E-state index is -0.561. The molecule has 0 saturated heterocycles. The van der Waals surface area contributed by atoms with Gasteiger partial charge in [0.2, 0.25) is 5.91 Å². The first-order chi connectivity index (χ1) is 5.99. The van der Waals surface area contributed by atoms with Crippen LogP contribution < -0.4 is 5.32 Å². The molecule has 13 heavy (non-hydrogen) atoms. The quantitative estimate of drug-likeness (QED) is 0.663. The molecule has 4 nitrogen and oxygen atoms in total. The van der Waals surface area contributed by atoms with Gasteiger partial charge in [-0.25, -0.2) is 4.79 Å². The number of nitrogens with one attached hydrogen (secondary N) is 1. The van der Waals surface area contributed by atoms with Crippen LogP contribution in [-0.2, 0) is 14.3 Å². The molecule has 0 aromatic rings. The predicted octanol–water partition coefficient (Wildman–Crippen LogP) is 0.872. The number of esters is 1. The zero-order valence-corrected chi connectivity index (χ0v) is 8.46. The zero-order valence-electron chi connectivity index (χ0n) is 8.46. The summed E-state index contributed by atoms with van der Waals surface area (Å²) in [4.78, 5) is 22.0. The number of carbonyl (C=O) groups is 2. The third-order valence-corrected chi connectivity index (χ3v) is 1.51. The van der Waals surface area contributed by atoms with Crippen molar-refractivity contribution in [2.75, 3.05) is 0 Å². The van der Waals surface area contributed by atoms with Crippen LogP contribution in [0.2, 0.25) is 0 Å². The number of amides is 1. The lowest BCUT2D eigenvalue weighted by Crippen LogP contribution is -2.44. The van der Waals surface area contributed by atoms with Gasteiger partial charge in [0.05, 0.1) is 0 Å². The van der Waals surface area contributed by atoms with E-state index < -0.39 is 12.0 Å². The normalized spacial score (nSPS) is 12.4. The van der Waals surface area contributed by atoms with Crippen LogP contribution in [0.4, 0.5) is 0 Å². The van der Waals surface area contributed by atoms with Crippen molar-refractivity contribution in [1.82, 2.24) is 5.32 Å². The first kappa shape index (κ1) is 11.9. The molecule has 4 heteroatoms. The second kappa shape index (κ2) is 5.56. The molecule has 1 radical (unpaired) electrons. The number of ether oxygens (including phenoxy) is 1. The van der Waals surface area contributed by atoms with E-state index in [1.165, 1.54) is 13.5 Å². The van der Waals surface area contributed by atoms with E-state index in [4.69, 9.17) is 0 Å². The maximum atomic E-state index is 11.3. The summed E-state index contributed by atoms with van der Waals surface area (Å²) >= 11 is 0. The molecule has 0 aromatic heterocycles. The number of hydrogen-bond donors (Lipinski definition) is 1. The number of hydrogen-bond acceptors (Lipinski definition) is 3. The maximum Gasteiger partial charge on any atom is 0.329 e. The molecule has 0 rings (SSSR count). The number of rotatable bonds is 4. The van der Waals surface area contributed by atoms with Crippen molar-refractivity contribution in [3.8, 4) is 0 Å². The van der Waals surface area contributed by atoms with Crippen LogP contribution in [0, 0.1) is 12.5 Å². The molecule has 0 heterocycles. The van der Waals surface area contributed by atoms with Crippen molar-refractivity contribution < 1.29 is 14.3 Å². The van der Waals surface area contributed by atoms with Gasteiger partial charge in [-0.05, 0) is 12.8 Å². The first-order valence-corrected chi connectivity index (χ1v) is 4.24. The van der Waals surface area contributed by atoms with Crippen molar-refractivity contribution >= 4 is 11.9 Å². The van der Waals surface area contributed by atoms with Crippen molar-refractivity contribution in [3.63, 3.8) is 0 Å². The Bertz CT molecular complexity index is 189. The van der Waals surface area contributed by atoms with Gasteiger partial charge in [0.1, 0.15) is 12.6 Å². The summed E-state index contributed by atoms with van der Waals surface area (Å²) in [5.74, 6) is -0.629. The van der Waals surface area contributed by atoms with Gasteiger partial charge in [0.25, 0.3) is 0 Å². The molecule has 0 saturated carbocycles. The summed E-state index contributed by atoms with van der Waals surface area (Å²) in [6, 6.07) is -0.561. The van der Waals surface area contributed by atoms with Crippen molar-refractivity contribution in [1.29, 1.82) is 0 Å². The molecule has 0 aliphatic carbocycles. The molecule has 0 fully saturated rings. The van der Waals surface area contributed by atoms with Crippen LogP contribution >= 0.6 is 0 Å². The minimum Gasteiger partial charge on any atom is -0.457 e. The Hall–Kier alpha value is -1.06. The van der Waals surface area contributed by atoms with E-state index in [1.54, 1.807) is 6.92 Å². The fourth-order valence-electron chi connectivity index (χ4n) is 0.906. The molecule has 0 bridgehead atoms. The van der Waals surface area contributed by atoms with Crippen LogP contribution in [0.1, 0.15) is 27.7 Å². The monoisotopic (exact) mass is 186 g/mol. The third kappa shape index (κ3) is 4.50. The molecule has 0 aromatic carbocycles. The van der Waals surface area contributed by atoms with E-state index in [9.17, 15) is 9.59 Å². The highest BCUT2D eigenvalue weighted by molar-refractivity contribution is 5.83. The zero-order chi connectivity index (χ0) is 10.4. The summed E-state index contributed by atoms with van der Waals surface area (Å²) in [5, 5.41) is 2.53. The van der Waals surface area contributed by atoms with Crippen LogP contribution in [0.25, 0.3) is 0 Å². The van der Waals surface area contributed by atoms with Crippen molar-refractivity contribution in [3.05, 3.63) is 6.61 Å². The largest absolute Gasteiger partial charge is 0.457 e. The van der Waals surface area contributed by atoms with Gasteiger partial charge in [-0.3, -0.25) is 4.79 Å². The van der Waals surface area contributed by atoms with E-state index in [2.05, 4.69) is 10.1 Å². The van der Waals surface area contributed by atoms with E-state index >= 15 is 0 Å². The van der Waals surface area contributed by atoms with Gasteiger partial charge < -0.3 is 10.1 Å². The lowest BCUT2D eigenvalue weighted by Gasteiger charge is -2.19. The lowest BCUT2D eigenvalue weighted by molar-refractivity contribution is -0.145. The Morgan fingerprint density at radius 1 is 1.38 bits per heavy atom. The van der Waals surface area contributed by atoms with E-state index in [1.807, 2.05) is 13.8 Å². The highest BCUT2D eigenvalue weighted by atomic mass is 16.5. The molecular weight excluding hydrogens is 170 g/mol. The highest BCUT2D eigenvalue weighted by Crippen LogP contribution is 2.04. The van der Waals surface area contributed by atoms with Crippen LogP contribution in [-0.4, -0.2) is 17.9 Å². The van der Waals surface area contributed by atoms with Gasteiger partial charge in [0.15, 0.2) is 0 Å². The lowest BCUT2D eigenvalue weighted by atomic mass is 10.0. The van der Waals surface area contributed by atoms with Crippen LogP contribution in [0.3, 0.4) is 0 Å². The van der Waals surface area contributed by atoms with Crippen LogP contribution in [0.5, 0.6) is 0 Å². The smallest absolute Gasteiger partial charge is 0.329 e. The molecule has 0 unspecified atom stereocenters. The number of carbonyl (C=O) groups excluding carboxylic acids is 2. The Kier molecular flexibility index (Phi) is 5.11. The standard InChI is InChI=1S/C9H16NO3/c1-5-13-9(12)8(6(2)3)10-7(4)11/h5-6,8H,1-4H3,(H,10,11)/t8-/m0/s1. The second-order valence-electron chi connectivity index (χ2n) is 3.09. The molecule has 1 atom stereocenters. The fraction of sp³-hybridized carbons (Fsp3) is 0.667. The van der Waals surface area contributed by atoms with Gasteiger partial charge in [0, 0.05) is 6.92 Å². The van der Waals surface area contributed by atoms with Crippen LogP contribution in [0.15, 0.2) is 0 Å². The van der Waals surface area contributed by atoms with E-state index in [0.717, 1.165) is 0 Å². The Labute approximate surface area is 78.6 Å². The molecule has 1 N–H and O–H groups in total. The van der Waals surface area contributed by atoms with Gasteiger partial charge in [-0.1, -0.05) is 13.8 Å². The minimum absolute atomic E-state index is 0.0244. The topological polar surface area (TPSA) is 55.4 Å². The summed E-state index contributed by atoms with van der Waals surface area (Å²) in [6.45, 7) is 7.98.